The number of sulfonamides is 1. The molecule has 22 heavy (non-hydrogen) atoms. The second-order valence-electron chi connectivity index (χ2n) is 4.31. The van der Waals surface area contributed by atoms with Gasteiger partial charge in [-0.1, -0.05) is 11.6 Å². The number of anilines is 1. The van der Waals surface area contributed by atoms with Crippen molar-refractivity contribution >= 4 is 33.2 Å². The third-order valence-corrected chi connectivity index (χ3v) is 4.61. The Kier molecular flexibility index (Phi) is 4.80. The molecule has 2 aromatic carbocycles. The van der Waals surface area contributed by atoms with Crippen LogP contribution in [0.5, 0.6) is 0 Å². The maximum absolute atomic E-state index is 12.8. The predicted octanol–water partition coefficient (Wildman–Crippen LogP) is 2.64. The van der Waals surface area contributed by atoms with Crippen molar-refractivity contribution in [1.82, 2.24) is 4.72 Å². The van der Waals surface area contributed by atoms with Gasteiger partial charge in [-0.2, -0.15) is 0 Å². The first-order chi connectivity index (χ1) is 10.3. The molecule has 0 bridgehead atoms. The lowest BCUT2D eigenvalue weighted by molar-refractivity contribution is 0.102. The summed E-state index contributed by atoms with van der Waals surface area (Å²) in [6, 6.07) is 8.95. The van der Waals surface area contributed by atoms with E-state index in [9.17, 15) is 17.6 Å². The average Bonchev–Trinajstić information content (AvgIpc) is 2.49. The Balaban J connectivity index is 2.33. The number of hydrogen-bond donors (Lipinski definition) is 2. The van der Waals surface area contributed by atoms with E-state index in [0.29, 0.717) is 5.69 Å². The van der Waals surface area contributed by atoms with Crippen LogP contribution in [-0.4, -0.2) is 21.4 Å². The van der Waals surface area contributed by atoms with E-state index in [4.69, 9.17) is 11.6 Å². The van der Waals surface area contributed by atoms with Gasteiger partial charge in [0, 0.05) is 5.69 Å². The molecule has 0 fully saturated rings. The standard InChI is InChI=1S/C14H12ClFN2O3S/c1-17-22(20,21)11-6-7-13(15)12(8-11)14(19)18-10-4-2-9(16)3-5-10/h2-8,17H,1H3,(H,18,19). The number of amides is 1. The number of benzene rings is 2. The van der Waals surface area contributed by atoms with E-state index in [0.717, 1.165) is 0 Å². The zero-order chi connectivity index (χ0) is 16.3. The molecule has 2 aromatic rings. The van der Waals surface area contributed by atoms with Crippen molar-refractivity contribution in [2.75, 3.05) is 12.4 Å². The third kappa shape index (κ3) is 3.62. The van der Waals surface area contributed by atoms with E-state index in [1.807, 2.05) is 0 Å². The minimum absolute atomic E-state index is 0.00215. The quantitative estimate of drug-likeness (QED) is 0.897. The fourth-order valence-electron chi connectivity index (χ4n) is 1.70. The van der Waals surface area contributed by atoms with Gasteiger partial charge in [-0.05, 0) is 49.5 Å². The number of carbonyl (C=O) groups excluding carboxylic acids is 1. The molecule has 0 atom stereocenters. The fourth-order valence-corrected chi connectivity index (χ4v) is 2.65. The second-order valence-corrected chi connectivity index (χ2v) is 6.60. The molecule has 0 heterocycles. The molecule has 1 amide bonds. The summed E-state index contributed by atoms with van der Waals surface area (Å²) in [5, 5.41) is 2.62. The number of hydrogen-bond acceptors (Lipinski definition) is 3. The first-order valence-electron chi connectivity index (χ1n) is 6.13. The molecule has 0 aliphatic carbocycles. The fraction of sp³-hybridized carbons (Fsp3) is 0.0714. The van der Waals surface area contributed by atoms with Crippen LogP contribution in [-0.2, 0) is 10.0 Å². The minimum Gasteiger partial charge on any atom is -0.322 e. The van der Waals surface area contributed by atoms with Crippen molar-refractivity contribution < 1.29 is 17.6 Å². The highest BCUT2D eigenvalue weighted by Gasteiger charge is 2.17. The van der Waals surface area contributed by atoms with Gasteiger partial charge < -0.3 is 5.32 Å². The van der Waals surface area contributed by atoms with Gasteiger partial charge in [0.15, 0.2) is 0 Å². The highest BCUT2D eigenvalue weighted by molar-refractivity contribution is 7.89. The largest absolute Gasteiger partial charge is 0.322 e. The van der Waals surface area contributed by atoms with Crippen LogP contribution in [0.2, 0.25) is 5.02 Å². The Morgan fingerprint density at radius 2 is 1.77 bits per heavy atom. The summed E-state index contributed by atoms with van der Waals surface area (Å²) in [5.41, 5.74) is 0.367. The predicted molar refractivity (Wildman–Crippen MR) is 82.1 cm³/mol. The molecule has 0 spiro atoms. The lowest BCUT2D eigenvalue weighted by atomic mass is 10.2. The summed E-state index contributed by atoms with van der Waals surface area (Å²) < 4.78 is 38.5. The Labute approximate surface area is 132 Å². The molecule has 0 aliphatic heterocycles. The molecule has 2 rings (SSSR count). The van der Waals surface area contributed by atoms with Gasteiger partial charge in [0.25, 0.3) is 5.91 Å². The molecule has 8 heteroatoms. The molecule has 0 aliphatic rings. The van der Waals surface area contributed by atoms with E-state index in [2.05, 4.69) is 10.0 Å². The van der Waals surface area contributed by atoms with Crippen LogP contribution in [0.4, 0.5) is 10.1 Å². The van der Waals surface area contributed by atoms with Crippen molar-refractivity contribution in [3.8, 4) is 0 Å². The lowest BCUT2D eigenvalue weighted by Crippen LogP contribution is -2.20. The first kappa shape index (κ1) is 16.4. The Morgan fingerprint density at radius 3 is 2.36 bits per heavy atom. The van der Waals surface area contributed by atoms with Crippen molar-refractivity contribution in [3.05, 3.63) is 58.9 Å². The van der Waals surface area contributed by atoms with Gasteiger partial charge in [-0.15, -0.1) is 0 Å². The van der Waals surface area contributed by atoms with E-state index in [1.54, 1.807) is 0 Å². The topological polar surface area (TPSA) is 75.3 Å². The van der Waals surface area contributed by atoms with Crippen molar-refractivity contribution in [3.63, 3.8) is 0 Å². The van der Waals surface area contributed by atoms with Gasteiger partial charge in [0.1, 0.15) is 5.82 Å². The Hall–Kier alpha value is -1.96. The van der Waals surface area contributed by atoms with E-state index in [1.165, 1.54) is 49.5 Å². The smallest absolute Gasteiger partial charge is 0.257 e. The number of halogens is 2. The van der Waals surface area contributed by atoms with Crippen LogP contribution < -0.4 is 10.0 Å². The maximum atomic E-state index is 12.8. The van der Waals surface area contributed by atoms with Crippen LogP contribution in [0.15, 0.2) is 47.4 Å². The molecule has 0 aromatic heterocycles. The molecule has 0 saturated carbocycles. The van der Waals surface area contributed by atoms with Crippen LogP contribution in [0.3, 0.4) is 0 Å². The van der Waals surface area contributed by atoms with E-state index >= 15 is 0 Å². The van der Waals surface area contributed by atoms with E-state index in [-0.39, 0.29) is 15.5 Å². The first-order valence-corrected chi connectivity index (χ1v) is 7.99. The zero-order valence-corrected chi connectivity index (χ0v) is 13.0. The summed E-state index contributed by atoms with van der Waals surface area (Å²) in [5.74, 6) is -1.03. The zero-order valence-electron chi connectivity index (χ0n) is 11.4. The van der Waals surface area contributed by atoms with Crippen LogP contribution in [0, 0.1) is 5.82 Å². The summed E-state index contributed by atoms with van der Waals surface area (Å²) in [4.78, 5) is 12.1. The molecule has 5 nitrogen and oxygen atoms in total. The van der Waals surface area contributed by atoms with Gasteiger partial charge in [0.05, 0.1) is 15.5 Å². The van der Waals surface area contributed by atoms with Gasteiger partial charge in [-0.3, -0.25) is 4.79 Å². The molecule has 0 unspecified atom stereocenters. The molecule has 116 valence electrons. The average molecular weight is 343 g/mol. The molecular formula is C14H12ClFN2O3S. The third-order valence-electron chi connectivity index (χ3n) is 2.86. The second kappa shape index (κ2) is 6.43. The van der Waals surface area contributed by atoms with Crippen molar-refractivity contribution in [2.24, 2.45) is 0 Å². The maximum Gasteiger partial charge on any atom is 0.257 e. The van der Waals surface area contributed by atoms with Gasteiger partial charge in [-0.25, -0.2) is 17.5 Å². The summed E-state index contributed by atoms with van der Waals surface area (Å²) >= 11 is 5.94. The summed E-state index contributed by atoms with van der Waals surface area (Å²) in [6.45, 7) is 0. The van der Waals surface area contributed by atoms with Gasteiger partial charge in [0.2, 0.25) is 10.0 Å². The van der Waals surface area contributed by atoms with E-state index < -0.39 is 21.7 Å². The summed E-state index contributed by atoms with van der Waals surface area (Å²) in [7, 11) is -2.42. The molecular weight excluding hydrogens is 331 g/mol. The normalized spacial score (nSPS) is 11.2. The SMILES string of the molecule is CNS(=O)(=O)c1ccc(Cl)c(C(=O)Nc2ccc(F)cc2)c1. The number of nitrogens with one attached hydrogen (secondary N) is 2. The molecule has 2 N–H and O–H groups in total. The van der Waals surface area contributed by atoms with Crippen LogP contribution in [0.1, 0.15) is 10.4 Å². The minimum atomic E-state index is -3.69. The monoisotopic (exact) mass is 342 g/mol. The summed E-state index contributed by atoms with van der Waals surface area (Å²) in [6.07, 6.45) is 0. The molecule has 0 radical (unpaired) electrons. The molecule has 0 saturated heterocycles. The number of rotatable bonds is 4. The van der Waals surface area contributed by atoms with Crippen molar-refractivity contribution in [2.45, 2.75) is 4.90 Å². The lowest BCUT2D eigenvalue weighted by Gasteiger charge is -2.09. The van der Waals surface area contributed by atoms with Gasteiger partial charge >= 0.3 is 0 Å². The highest BCUT2D eigenvalue weighted by atomic mass is 35.5. The van der Waals surface area contributed by atoms with Crippen LogP contribution >= 0.6 is 11.6 Å². The number of carbonyl (C=O) groups is 1. The Bertz CT molecular complexity index is 807. The van der Waals surface area contributed by atoms with Crippen LogP contribution in [0.25, 0.3) is 0 Å². The Morgan fingerprint density at radius 1 is 1.14 bits per heavy atom. The van der Waals surface area contributed by atoms with Crippen molar-refractivity contribution in [1.29, 1.82) is 0 Å². The highest BCUT2D eigenvalue weighted by Crippen LogP contribution is 2.22.